The lowest BCUT2D eigenvalue weighted by molar-refractivity contribution is -0.117. The molecule has 10 heteroatoms. The van der Waals surface area contributed by atoms with Crippen LogP contribution in [0, 0.1) is 11.7 Å². The van der Waals surface area contributed by atoms with E-state index in [-0.39, 0.29) is 23.7 Å². The van der Waals surface area contributed by atoms with Gasteiger partial charge in [0, 0.05) is 49.9 Å². The summed E-state index contributed by atoms with van der Waals surface area (Å²) < 4.78 is 16.8. The lowest BCUT2D eigenvalue weighted by atomic mass is 10.0. The van der Waals surface area contributed by atoms with Crippen molar-refractivity contribution in [3.8, 4) is 0 Å². The third-order valence-corrected chi connectivity index (χ3v) is 6.05. The van der Waals surface area contributed by atoms with Gasteiger partial charge in [-0.1, -0.05) is 11.8 Å². The van der Waals surface area contributed by atoms with E-state index in [2.05, 4.69) is 27.3 Å². The SMILES string of the molecule is C=C(C)NCC1CC(=O)N(c2ccc(N3CCC(n4cc(/C=N/N)nn4)CC3)c(F)c2)C1. The highest BCUT2D eigenvalue weighted by molar-refractivity contribution is 5.96. The van der Waals surface area contributed by atoms with Crippen LogP contribution in [0.3, 0.4) is 0 Å². The molecule has 170 valence electrons. The summed E-state index contributed by atoms with van der Waals surface area (Å²) in [7, 11) is 0. The highest BCUT2D eigenvalue weighted by Crippen LogP contribution is 2.32. The highest BCUT2D eigenvalue weighted by atomic mass is 19.1. The molecule has 0 saturated carbocycles. The lowest BCUT2D eigenvalue weighted by Crippen LogP contribution is -2.35. The summed E-state index contributed by atoms with van der Waals surface area (Å²) in [5.74, 6) is 5.07. The van der Waals surface area contributed by atoms with Gasteiger partial charge in [-0.05, 0) is 38.0 Å². The van der Waals surface area contributed by atoms with Crippen molar-refractivity contribution in [1.29, 1.82) is 0 Å². The van der Waals surface area contributed by atoms with Crippen molar-refractivity contribution in [1.82, 2.24) is 20.3 Å². The van der Waals surface area contributed by atoms with Crippen LogP contribution in [0.4, 0.5) is 15.8 Å². The van der Waals surface area contributed by atoms with Crippen LogP contribution in [0.5, 0.6) is 0 Å². The van der Waals surface area contributed by atoms with Gasteiger partial charge in [0.1, 0.15) is 11.5 Å². The molecule has 1 atom stereocenters. The van der Waals surface area contributed by atoms with Gasteiger partial charge >= 0.3 is 0 Å². The van der Waals surface area contributed by atoms with Crippen LogP contribution in [-0.2, 0) is 4.79 Å². The Hall–Kier alpha value is -3.43. The molecule has 0 aliphatic carbocycles. The average Bonchev–Trinajstić information content (AvgIpc) is 3.39. The van der Waals surface area contributed by atoms with E-state index in [0.717, 1.165) is 18.5 Å². The van der Waals surface area contributed by atoms with Gasteiger partial charge in [0.2, 0.25) is 5.91 Å². The molecule has 2 aromatic rings. The fourth-order valence-electron chi connectivity index (χ4n) is 4.38. The second kappa shape index (κ2) is 9.37. The van der Waals surface area contributed by atoms with Crippen LogP contribution >= 0.6 is 0 Å². The standard InChI is InChI=1S/C22H29FN8O/c1-15(2)25-11-16-9-22(32)30(13-16)19-3-4-21(20(23)10-19)29-7-5-18(6-8-29)31-14-17(12-26-24)27-28-31/h3-4,10,12,14,16,18,25H,1,5-9,11,13,24H2,2H3/b26-12+. The number of aromatic nitrogens is 3. The summed E-state index contributed by atoms with van der Waals surface area (Å²) in [6.45, 7) is 8.41. The molecule has 32 heavy (non-hydrogen) atoms. The van der Waals surface area contributed by atoms with E-state index in [4.69, 9.17) is 5.84 Å². The number of nitrogens with two attached hydrogens (primary N) is 1. The normalized spacial score (nSPS) is 19.8. The fourth-order valence-corrected chi connectivity index (χ4v) is 4.38. The fraction of sp³-hybridized carbons (Fsp3) is 0.455. The number of carbonyl (C=O) groups is 1. The van der Waals surface area contributed by atoms with Crippen molar-refractivity contribution < 1.29 is 9.18 Å². The van der Waals surface area contributed by atoms with Crippen LogP contribution < -0.4 is 21.0 Å². The lowest BCUT2D eigenvalue weighted by Gasteiger charge is -2.33. The zero-order chi connectivity index (χ0) is 22.7. The van der Waals surface area contributed by atoms with Gasteiger partial charge in [-0.3, -0.25) is 4.79 Å². The molecule has 2 aliphatic rings. The Morgan fingerprint density at radius 1 is 1.41 bits per heavy atom. The molecule has 1 unspecified atom stereocenters. The number of hydrogen-bond acceptors (Lipinski definition) is 7. The van der Waals surface area contributed by atoms with Gasteiger partial charge in [-0.25, -0.2) is 9.07 Å². The molecule has 9 nitrogen and oxygen atoms in total. The number of amides is 1. The molecule has 2 fully saturated rings. The average molecular weight is 441 g/mol. The first-order chi connectivity index (χ1) is 15.4. The molecule has 0 spiro atoms. The van der Waals surface area contributed by atoms with Crippen molar-refractivity contribution in [3.63, 3.8) is 0 Å². The van der Waals surface area contributed by atoms with Gasteiger partial charge in [0.25, 0.3) is 0 Å². The highest BCUT2D eigenvalue weighted by Gasteiger charge is 2.31. The Morgan fingerprint density at radius 2 is 2.19 bits per heavy atom. The number of nitrogens with one attached hydrogen (secondary N) is 1. The third kappa shape index (κ3) is 4.74. The summed E-state index contributed by atoms with van der Waals surface area (Å²) in [4.78, 5) is 16.2. The molecular weight excluding hydrogens is 411 g/mol. The van der Waals surface area contributed by atoms with Crippen molar-refractivity contribution in [2.24, 2.45) is 16.9 Å². The zero-order valence-corrected chi connectivity index (χ0v) is 18.2. The summed E-state index contributed by atoms with van der Waals surface area (Å²) >= 11 is 0. The Kier molecular flexibility index (Phi) is 6.38. The Morgan fingerprint density at radius 3 is 2.88 bits per heavy atom. The van der Waals surface area contributed by atoms with E-state index >= 15 is 4.39 Å². The van der Waals surface area contributed by atoms with Gasteiger partial charge in [-0.2, -0.15) is 5.10 Å². The van der Waals surface area contributed by atoms with Crippen molar-refractivity contribution >= 4 is 23.5 Å². The Labute approximate surface area is 186 Å². The van der Waals surface area contributed by atoms with Crippen molar-refractivity contribution in [3.05, 3.63) is 48.2 Å². The first-order valence-corrected chi connectivity index (χ1v) is 10.8. The van der Waals surface area contributed by atoms with Crippen molar-refractivity contribution in [2.45, 2.75) is 32.2 Å². The molecule has 0 radical (unpaired) electrons. The first kappa shape index (κ1) is 21.8. The maximum atomic E-state index is 15.0. The number of anilines is 2. The maximum absolute atomic E-state index is 15.0. The number of nitrogens with zero attached hydrogens (tertiary/aromatic N) is 6. The van der Waals surface area contributed by atoms with Gasteiger partial charge < -0.3 is 21.0 Å². The number of hydrazone groups is 1. The molecular formula is C22H29FN8O. The predicted octanol–water partition coefficient (Wildman–Crippen LogP) is 2.03. The molecule has 1 aromatic carbocycles. The van der Waals surface area contributed by atoms with Crippen LogP contribution in [0.15, 0.2) is 41.8 Å². The molecule has 1 amide bonds. The van der Waals surface area contributed by atoms with Crippen molar-refractivity contribution in [2.75, 3.05) is 36.0 Å². The molecule has 2 aliphatic heterocycles. The number of allylic oxidation sites excluding steroid dienone is 1. The summed E-state index contributed by atoms with van der Waals surface area (Å²) in [6.07, 6.45) is 5.38. The molecule has 2 saturated heterocycles. The number of piperidine rings is 1. The number of carbonyl (C=O) groups excluding carboxylic acids is 1. The third-order valence-electron chi connectivity index (χ3n) is 6.05. The minimum absolute atomic E-state index is 0.0263. The second-order valence-corrected chi connectivity index (χ2v) is 8.49. The molecule has 0 bridgehead atoms. The number of hydrogen-bond donors (Lipinski definition) is 2. The van der Waals surface area contributed by atoms with E-state index in [1.165, 1.54) is 12.3 Å². The monoisotopic (exact) mass is 440 g/mol. The minimum Gasteiger partial charge on any atom is -0.389 e. The quantitative estimate of drug-likeness (QED) is 0.388. The molecule has 3 N–H and O–H groups in total. The Balaban J connectivity index is 1.37. The summed E-state index contributed by atoms with van der Waals surface area (Å²) in [6, 6.07) is 5.30. The summed E-state index contributed by atoms with van der Waals surface area (Å²) in [5.41, 5.74) is 2.67. The molecule has 1 aromatic heterocycles. The number of benzene rings is 1. The number of halogens is 1. The number of rotatable bonds is 7. The van der Waals surface area contributed by atoms with E-state index in [1.807, 2.05) is 28.8 Å². The second-order valence-electron chi connectivity index (χ2n) is 8.49. The Bertz CT molecular complexity index is 1010. The van der Waals surface area contributed by atoms with Crippen LogP contribution in [0.25, 0.3) is 0 Å². The topological polar surface area (TPSA) is 105 Å². The van der Waals surface area contributed by atoms with Gasteiger partial charge in [0.05, 0.1) is 24.1 Å². The minimum atomic E-state index is -0.306. The zero-order valence-electron chi connectivity index (χ0n) is 18.2. The van der Waals surface area contributed by atoms with E-state index in [0.29, 0.717) is 49.7 Å². The smallest absolute Gasteiger partial charge is 0.227 e. The van der Waals surface area contributed by atoms with E-state index in [9.17, 15) is 4.79 Å². The van der Waals surface area contributed by atoms with Gasteiger partial charge in [-0.15, -0.1) is 5.10 Å². The van der Waals surface area contributed by atoms with E-state index in [1.54, 1.807) is 11.0 Å². The summed E-state index contributed by atoms with van der Waals surface area (Å²) in [5, 5.41) is 14.8. The van der Waals surface area contributed by atoms with E-state index < -0.39 is 0 Å². The van der Waals surface area contributed by atoms with Crippen LogP contribution in [0.1, 0.15) is 37.9 Å². The maximum Gasteiger partial charge on any atom is 0.227 e. The van der Waals surface area contributed by atoms with Crippen LogP contribution in [-0.4, -0.2) is 53.3 Å². The molecule has 3 heterocycles. The molecule has 4 rings (SSSR count). The van der Waals surface area contributed by atoms with Gasteiger partial charge in [0.15, 0.2) is 0 Å². The predicted molar refractivity (Wildman–Crippen MR) is 122 cm³/mol. The van der Waals surface area contributed by atoms with Crippen LogP contribution in [0.2, 0.25) is 0 Å². The largest absolute Gasteiger partial charge is 0.389 e. The first-order valence-electron chi connectivity index (χ1n) is 10.8.